The average molecular weight is 312 g/mol. The van der Waals surface area contributed by atoms with Gasteiger partial charge in [-0.2, -0.15) is 0 Å². The molecule has 2 N–H and O–H groups in total. The van der Waals surface area contributed by atoms with Crippen LogP contribution in [0.15, 0.2) is 48.0 Å². The number of thiophene rings is 1. The van der Waals surface area contributed by atoms with Crippen LogP contribution in [0.1, 0.15) is 30.3 Å². The number of carbonyl (C=O) groups is 1. The standard InChI is InChI=1S/C18H20N2OS/c1-12(2)18(16-8-5-9-22-16)20-17(21)10-13-11-19-15-7-4-3-6-14(13)15/h3-9,11-12,18-19H,10H2,1-2H3,(H,20,21). The number of nitrogens with one attached hydrogen (secondary N) is 2. The average Bonchev–Trinajstić information content (AvgIpc) is 3.15. The van der Waals surface area contributed by atoms with Crippen molar-refractivity contribution in [1.82, 2.24) is 10.3 Å². The predicted molar refractivity (Wildman–Crippen MR) is 92.0 cm³/mol. The van der Waals surface area contributed by atoms with E-state index in [9.17, 15) is 4.79 Å². The lowest BCUT2D eigenvalue weighted by molar-refractivity contribution is -0.121. The van der Waals surface area contributed by atoms with Crippen LogP contribution in [-0.2, 0) is 11.2 Å². The summed E-state index contributed by atoms with van der Waals surface area (Å²) < 4.78 is 0. The number of hydrogen-bond donors (Lipinski definition) is 2. The molecule has 2 heterocycles. The largest absolute Gasteiger partial charge is 0.361 e. The van der Waals surface area contributed by atoms with Crippen LogP contribution in [0.2, 0.25) is 0 Å². The number of fused-ring (bicyclic) bond motifs is 1. The highest BCUT2D eigenvalue weighted by Gasteiger charge is 2.19. The molecule has 1 amide bonds. The summed E-state index contributed by atoms with van der Waals surface area (Å²) in [5.74, 6) is 0.433. The van der Waals surface area contributed by atoms with Gasteiger partial charge in [-0.05, 0) is 29.0 Å². The van der Waals surface area contributed by atoms with Crippen molar-refractivity contribution < 1.29 is 4.79 Å². The second-order valence-electron chi connectivity index (χ2n) is 5.84. The van der Waals surface area contributed by atoms with E-state index in [2.05, 4.69) is 35.6 Å². The summed E-state index contributed by atoms with van der Waals surface area (Å²) in [6.07, 6.45) is 2.33. The predicted octanol–water partition coefficient (Wildman–Crippen LogP) is 4.29. The Morgan fingerprint density at radius 3 is 2.77 bits per heavy atom. The first kappa shape index (κ1) is 14.9. The Hall–Kier alpha value is -2.07. The Bertz CT molecular complexity index is 758. The minimum absolute atomic E-state index is 0.0665. The number of hydrogen-bond acceptors (Lipinski definition) is 2. The van der Waals surface area contributed by atoms with Crippen LogP contribution < -0.4 is 5.32 Å². The summed E-state index contributed by atoms with van der Waals surface area (Å²) in [4.78, 5) is 16.9. The topological polar surface area (TPSA) is 44.9 Å². The molecule has 2 aromatic heterocycles. The highest BCUT2D eigenvalue weighted by molar-refractivity contribution is 7.10. The fraction of sp³-hybridized carbons (Fsp3) is 0.278. The highest BCUT2D eigenvalue weighted by atomic mass is 32.1. The summed E-state index contributed by atoms with van der Waals surface area (Å²) in [7, 11) is 0. The number of rotatable bonds is 5. The van der Waals surface area contributed by atoms with Gasteiger partial charge in [-0.25, -0.2) is 0 Å². The molecule has 0 bridgehead atoms. The molecule has 0 aliphatic carbocycles. The van der Waals surface area contributed by atoms with Gasteiger partial charge in [0.05, 0.1) is 12.5 Å². The molecule has 3 nitrogen and oxygen atoms in total. The lowest BCUT2D eigenvalue weighted by Gasteiger charge is -2.21. The third-order valence-corrected chi connectivity index (χ3v) is 4.81. The summed E-state index contributed by atoms with van der Waals surface area (Å²) >= 11 is 1.69. The maximum atomic E-state index is 12.4. The van der Waals surface area contributed by atoms with Gasteiger partial charge in [0.1, 0.15) is 0 Å². The molecular weight excluding hydrogens is 292 g/mol. The number of H-pyrrole nitrogens is 1. The van der Waals surface area contributed by atoms with E-state index >= 15 is 0 Å². The molecule has 0 aliphatic heterocycles. The van der Waals surface area contributed by atoms with Crippen LogP contribution in [0, 0.1) is 5.92 Å². The van der Waals surface area contributed by atoms with Gasteiger partial charge in [0.2, 0.25) is 5.91 Å². The second kappa shape index (κ2) is 6.36. The highest BCUT2D eigenvalue weighted by Crippen LogP contribution is 2.26. The van der Waals surface area contributed by atoms with E-state index in [1.807, 2.05) is 36.5 Å². The first-order valence-electron chi connectivity index (χ1n) is 7.53. The number of para-hydroxylation sites is 1. The summed E-state index contributed by atoms with van der Waals surface area (Å²) in [5, 5.41) is 6.35. The maximum Gasteiger partial charge on any atom is 0.225 e. The smallest absolute Gasteiger partial charge is 0.225 e. The van der Waals surface area contributed by atoms with Gasteiger partial charge < -0.3 is 10.3 Å². The van der Waals surface area contributed by atoms with E-state index in [0.717, 1.165) is 16.5 Å². The van der Waals surface area contributed by atoms with Crippen LogP contribution in [0.25, 0.3) is 10.9 Å². The van der Waals surface area contributed by atoms with Gasteiger partial charge in [0, 0.05) is 22.0 Å². The first-order valence-corrected chi connectivity index (χ1v) is 8.41. The Kier molecular flexibility index (Phi) is 4.29. The van der Waals surface area contributed by atoms with Gasteiger partial charge in [-0.3, -0.25) is 4.79 Å². The molecule has 0 radical (unpaired) electrons. The van der Waals surface area contributed by atoms with Crippen LogP contribution in [0.4, 0.5) is 0 Å². The van der Waals surface area contributed by atoms with E-state index in [4.69, 9.17) is 0 Å². The van der Waals surface area contributed by atoms with Crippen molar-refractivity contribution >= 4 is 28.1 Å². The molecule has 0 saturated carbocycles. The van der Waals surface area contributed by atoms with Gasteiger partial charge in [0.15, 0.2) is 0 Å². The van der Waals surface area contributed by atoms with Crippen LogP contribution >= 0.6 is 11.3 Å². The van der Waals surface area contributed by atoms with Gasteiger partial charge >= 0.3 is 0 Å². The number of aromatic amines is 1. The molecule has 1 unspecified atom stereocenters. The zero-order valence-electron chi connectivity index (χ0n) is 12.8. The Morgan fingerprint density at radius 1 is 1.23 bits per heavy atom. The van der Waals surface area contributed by atoms with E-state index in [-0.39, 0.29) is 11.9 Å². The molecule has 3 aromatic rings. The zero-order valence-corrected chi connectivity index (χ0v) is 13.6. The normalized spacial score (nSPS) is 12.7. The van der Waals surface area contributed by atoms with Crippen molar-refractivity contribution in [1.29, 1.82) is 0 Å². The van der Waals surface area contributed by atoms with Gasteiger partial charge in [0.25, 0.3) is 0 Å². The summed E-state index contributed by atoms with van der Waals surface area (Å²) in [5.41, 5.74) is 2.12. The minimum atomic E-state index is 0.0665. The van der Waals surface area contributed by atoms with Crippen LogP contribution in [0.5, 0.6) is 0 Å². The molecular formula is C18H20N2OS. The Morgan fingerprint density at radius 2 is 2.05 bits per heavy atom. The molecule has 0 fully saturated rings. The quantitative estimate of drug-likeness (QED) is 0.725. The fourth-order valence-corrected chi connectivity index (χ4v) is 3.66. The molecule has 0 aliphatic rings. The molecule has 22 heavy (non-hydrogen) atoms. The third kappa shape index (κ3) is 3.07. The molecule has 1 aromatic carbocycles. The Balaban J connectivity index is 1.74. The fourth-order valence-electron chi connectivity index (χ4n) is 2.71. The molecule has 0 saturated heterocycles. The van der Waals surface area contributed by atoms with Crippen LogP contribution in [-0.4, -0.2) is 10.9 Å². The SMILES string of the molecule is CC(C)C(NC(=O)Cc1c[nH]c2ccccc12)c1cccs1. The van der Waals surface area contributed by atoms with Crippen molar-refractivity contribution in [2.75, 3.05) is 0 Å². The number of carbonyl (C=O) groups excluding carboxylic acids is 1. The van der Waals surface area contributed by atoms with Crippen molar-refractivity contribution in [3.63, 3.8) is 0 Å². The lowest BCUT2D eigenvalue weighted by atomic mass is 10.0. The van der Waals surface area contributed by atoms with Crippen molar-refractivity contribution in [2.24, 2.45) is 5.92 Å². The summed E-state index contributed by atoms with van der Waals surface area (Å²) in [6.45, 7) is 4.27. The zero-order chi connectivity index (χ0) is 15.5. The number of benzene rings is 1. The van der Waals surface area contributed by atoms with E-state index in [1.165, 1.54) is 4.88 Å². The van der Waals surface area contributed by atoms with Crippen LogP contribution in [0.3, 0.4) is 0 Å². The number of amides is 1. The van der Waals surface area contributed by atoms with Crippen molar-refractivity contribution in [3.05, 3.63) is 58.4 Å². The maximum absolute atomic E-state index is 12.4. The number of aromatic nitrogens is 1. The molecule has 3 rings (SSSR count). The molecule has 1 atom stereocenters. The van der Waals surface area contributed by atoms with Crippen molar-refractivity contribution in [2.45, 2.75) is 26.3 Å². The van der Waals surface area contributed by atoms with E-state index in [0.29, 0.717) is 12.3 Å². The third-order valence-electron chi connectivity index (χ3n) is 3.86. The molecule has 4 heteroatoms. The van der Waals surface area contributed by atoms with Gasteiger partial charge in [-0.15, -0.1) is 11.3 Å². The van der Waals surface area contributed by atoms with Crippen molar-refractivity contribution in [3.8, 4) is 0 Å². The lowest BCUT2D eigenvalue weighted by Crippen LogP contribution is -2.32. The second-order valence-corrected chi connectivity index (χ2v) is 6.82. The monoisotopic (exact) mass is 312 g/mol. The first-order chi connectivity index (χ1) is 10.6. The van der Waals surface area contributed by atoms with Gasteiger partial charge in [-0.1, -0.05) is 38.1 Å². The minimum Gasteiger partial charge on any atom is -0.361 e. The summed E-state index contributed by atoms with van der Waals surface area (Å²) in [6, 6.07) is 12.3. The molecule has 114 valence electrons. The Labute approximate surface area is 134 Å². The molecule has 0 spiro atoms. The van der Waals surface area contributed by atoms with E-state index < -0.39 is 0 Å². The van der Waals surface area contributed by atoms with E-state index in [1.54, 1.807) is 11.3 Å².